The predicted molar refractivity (Wildman–Crippen MR) is 71.2 cm³/mol. The Morgan fingerprint density at radius 2 is 2.28 bits per heavy atom. The molecule has 1 aliphatic heterocycles. The Morgan fingerprint density at radius 1 is 1.39 bits per heavy atom. The summed E-state index contributed by atoms with van der Waals surface area (Å²) in [6, 6.07) is 3.87. The van der Waals surface area contributed by atoms with Gasteiger partial charge in [0.05, 0.1) is 12.2 Å². The molecule has 0 spiro atoms. The number of thiocarbonyl (C=S) groups is 1. The number of anilines is 1. The van der Waals surface area contributed by atoms with E-state index in [9.17, 15) is 0 Å². The largest absolute Gasteiger partial charge is 0.388 e. The van der Waals surface area contributed by atoms with Gasteiger partial charge in [-0.2, -0.15) is 0 Å². The summed E-state index contributed by atoms with van der Waals surface area (Å²) >= 11 is 5.04. The van der Waals surface area contributed by atoms with Crippen LogP contribution in [-0.2, 0) is 13.1 Å². The fraction of sp³-hybridized carbons (Fsp3) is 0.273. The molecule has 7 heteroatoms. The zero-order valence-electron chi connectivity index (χ0n) is 9.65. The number of aromatic nitrogens is 4. The molecule has 0 aromatic carbocycles. The van der Waals surface area contributed by atoms with Gasteiger partial charge in [0.25, 0.3) is 0 Å². The highest BCUT2D eigenvalue weighted by molar-refractivity contribution is 7.80. The summed E-state index contributed by atoms with van der Waals surface area (Å²) in [5.41, 5.74) is 7.33. The SMILES string of the molecule is NC(=S)c1ncccc1N1CCn2cnnc2C1. The second kappa shape index (κ2) is 4.34. The molecule has 2 aromatic heterocycles. The first-order valence-corrected chi connectivity index (χ1v) is 6.03. The van der Waals surface area contributed by atoms with E-state index >= 15 is 0 Å². The van der Waals surface area contributed by atoms with Crippen LogP contribution < -0.4 is 10.6 Å². The Bertz CT molecular complexity index is 593. The molecule has 0 saturated heterocycles. The van der Waals surface area contributed by atoms with Crippen LogP contribution in [-0.4, -0.2) is 31.3 Å². The van der Waals surface area contributed by atoms with E-state index in [-0.39, 0.29) is 0 Å². The average Bonchev–Trinajstić information content (AvgIpc) is 2.85. The van der Waals surface area contributed by atoms with Crippen molar-refractivity contribution in [2.24, 2.45) is 5.73 Å². The third kappa shape index (κ3) is 1.82. The van der Waals surface area contributed by atoms with Gasteiger partial charge in [0.1, 0.15) is 17.0 Å². The van der Waals surface area contributed by atoms with Crippen molar-refractivity contribution in [2.45, 2.75) is 13.1 Å². The third-order valence-corrected chi connectivity index (χ3v) is 3.19. The molecule has 18 heavy (non-hydrogen) atoms. The zero-order chi connectivity index (χ0) is 12.5. The van der Waals surface area contributed by atoms with Crippen LogP contribution in [0.15, 0.2) is 24.7 Å². The number of nitrogens with two attached hydrogens (primary N) is 1. The van der Waals surface area contributed by atoms with Crippen LogP contribution >= 0.6 is 12.2 Å². The van der Waals surface area contributed by atoms with Gasteiger partial charge in [0.15, 0.2) is 5.82 Å². The van der Waals surface area contributed by atoms with Crippen LogP contribution in [0.2, 0.25) is 0 Å². The average molecular weight is 260 g/mol. The molecule has 2 aromatic rings. The molecule has 0 radical (unpaired) electrons. The predicted octanol–water partition coefficient (Wildman–Crippen LogP) is 0.327. The molecule has 0 bridgehead atoms. The highest BCUT2D eigenvalue weighted by Gasteiger charge is 2.20. The van der Waals surface area contributed by atoms with Crippen molar-refractivity contribution in [1.29, 1.82) is 0 Å². The van der Waals surface area contributed by atoms with Crippen LogP contribution in [0.25, 0.3) is 0 Å². The van der Waals surface area contributed by atoms with E-state index in [0.29, 0.717) is 17.2 Å². The highest BCUT2D eigenvalue weighted by atomic mass is 32.1. The van der Waals surface area contributed by atoms with Gasteiger partial charge in [0, 0.05) is 19.3 Å². The number of hydrogen-bond donors (Lipinski definition) is 1. The Hall–Kier alpha value is -2.02. The molecule has 0 amide bonds. The number of pyridine rings is 1. The molecule has 92 valence electrons. The van der Waals surface area contributed by atoms with Gasteiger partial charge in [-0.05, 0) is 12.1 Å². The summed E-state index contributed by atoms with van der Waals surface area (Å²) in [5, 5.41) is 8.00. The number of hydrogen-bond acceptors (Lipinski definition) is 5. The molecule has 0 saturated carbocycles. The number of rotatable bonds is 2. The minimum absolute atomic E-state index is 0.317. The van der Waals surface area contributed by atoms with Crippen LogP contribution in [0.4, 0.5) is 5.69 Å². The molecular weight excluding hydrogens is 248 g/mol. The van der Waals surface area contributed by atoms with Gasteiger partial charge < -0.3 is 15.2 Å². The van der Waals surface area contributed by atoms with E-state index < -0.39 is 0 Å². The molecular formula is C11H12N6S. The fourth-order valence-corrected chi connectivity index (χ4v) is 2.27. The highest BCUT2D eigenvalue weighted by Crippen LogP contribution is 2.22. The Balaban J connectivity index is 1.95. The zero-order valence-corrected chi connectivity index (χ0v) is 10.5. The second-order valence-electron chi connectivity index (χ2n) is 4.10. The summed E-state index contributed by atoms with van der Waals surface area (Å²) in [5.74, 6) is 0.944. The van der Waals surface area contributed by atoms with E-state index in [0.717, 1.165) is 24.6 Å². The van der Waals surface area contributed by atoms with Gasteiger partial charge in [-0.25, -0.2) is 0 Å². The normalized spacial score (nSPS) is 14.3. The summed E-state index contributed by atoms with van der Waals surface area (Å²) in [7, 11) is 0. The molecule has 6 nitrogen and oxygen atoms in total. The summed E-state index contributed by atoms with van der Waals surface area (Å²) in [6.45, 7) is 2.42. The first-order chi connectivity index (χ1) is 8.75. The Labute approximate surface area is 109 Å². The van der Waals surface area contributed by atoms with E-state index in [1.165, 1.54) is 0 Å². The van der Waals surface area contributed by atoms with Gasteiger partial charge in [0.2, 0.25) is 0 Å². The minimum Gasteiger partial charge on any atom is -0.388 e. The first-order valence-electron chi connectivity index (χ1n) is 5.62. The fourth-order valence-electron chi connectivity index (χ4n) is 2.11. The van der Waals surface area contributed by atoms with Gasteiger partial charge in [-0.15, -0.1) is 10.2 Å². The quantitative estimate of drug-likeness (QED) is 0.784. The van der Waals surface area contributed by atoms with Gasteiger partial charge in [-0.3, -0.25) is 4.98 Å². The van der Waals surface area contributed by atoms with E-state index in [1.807, 2.05) is 16.7 Å². The minimum atomic E-state index is 0.317. The lowest BCUT2D eigenvalue weighted by atomic mass is 10.2. The molecule has 2 N–H and O–H groups in total. The lowest BCUT2D eigenvalue weighted by molar-refractivity contribution is 0.559. The topological polar surface area (TPSA) is 72.9 Å². The molecule has 0 atom stereocenters. The van der Waals surface area contributed by atoms with Crippen molar-refractivity contribution in [2.75, 3.05) is 11.4 Å². The second-order valence-corrected chi connectivity index (χ2v) is 4.54. The Kier molecular flexibility index (Phi) is 2.67. The molecule has 0 aliphatic carbocycles. The van der Waals surface area contributed by atoms with Crippen molar-refractivity contribution in [3.63, 3.8) is 0 Å². The van der Waals surface area contributed by atoms with Crippen molar-refractivity contribution in [1.82, 2.24) is 19.7 Å². The third-order valence-electron chi connectivity index (χ3n) is 3.00. The smallest absolute Gasteiger partial charge is 0.152 e. The Morgan fingerprint density at radius 3 is 3.11 bits per heavy atom. The lowest BCUT2D eigenvalue weighted by Gasteiger charge is -2.29. The van der Waals surface area contributed by atoms with Crippen LogP contribution in [0.5, 0.6) is 0 Å². The number of fused-ring (bicyclic) bond motifs is 1. The first kappa shape index (κ1) is 11.1. The summed E-state index contributed by atoms with van der Waals surface area (Å²) in [4.78, 5) is 6.74. The van der Waals surface area contributed by atoms with Crippen molar-refractivity contribution < 1.29 is 0 Å². The standard InChI is InChI=1S/C11H12N6S/c12-11(18)10-8(2-1-3-13-10)16-4-5-17-7-14-15-9(17)6-16/h1-3,7H,4-6H2,(H2,12,18). The van der Waals surface area contributed by atoms with E-state index in [2.05, 4.69) is 20.1 Å². The maximum atomic E-state index is 5.70. The molecule has 3 rings (SSSR count). The summed E-state index contributed by atoms with van der Waals surface area (Å²) in [6.07, 6.45) is 3.45. The van der Waals surface area contributed by atoms with Crippen LogP contribution in [0.3, 0.4) is 0 Å². The molecule has 1 aliphatic rings. The maximum Gasteiger partial charge on any atom is 0.152 e. The van der Waals surface area contributed by atoms with Gasteiger partial charge in [-0.1, -0.05) is 12.2 Å². The van der Waals surface area contributed by atoms with Crippen LogP contribution in [0.1, 0.15) is 11.5 Å². The monoisotopic (exact) mass is 260 g/mol. The molecule has 0 fully saturated rings. The van der Waals surface area contributed by atoms with E-state index in [1.54, 1.807) is 12.5 Å². The molecule has 3 heterocycles. The van der Waals surface area contributed by atoms with Crippen molar-refractivity contribution >= 4 is 22.9 Å². The van der Waals surface area contributed by atoms with Gasteiger partial charge >= 0.3 is 0 Å². The van der Waals surface area contributed by atoms with Crippen molar-refractivity contribution in [3.8, 4) is 0 Å². The number of nitrogens with zero attached hydrogens (tertiary/aromatic N) is 5. The van der Waals surface area contributed by atoms with Crippen LogP contribution in [0, 0.1) is 0 Å². The molecule has 0 unspecified atom stereocenters. The maximum absolute atomic E-state index is 5.70. The van der Waals surface area contributed by atoms with Crippen molar-refractivity contribution in [3.05, 3.63) is 36.2 Å². The van der Waals surface area contributed by atoms with E-state index in [4.69, 9.17) is 18.0 Å². The summed E-state index contributed by atoms with van der Waals surface area (Å²) < 4.78 is 2.05. The lowest BCUT2D eigenvalue weighted by Crippen LogP contribution is -2.35.